The highest BCUT2D eigenvalue weighted by Crippen LogP contribution is 1.99. The Labute approximate surface area is 59.5 Å². The molecule has 0 unspecified atom stereocenters. The number of imidazole rings is 1. The molecule has 1 heterocycles. The molecule has 1 aromatic heterocycles. The summed E-state index contributed by atoms with van der Waals surface area (Å²) < 4.78 is 1.83. The summed E-state index contributed by atoms with van der Waals surface area (Å²) >= 11 is 0. The highest BCUT2D eigenvalue weighted by Gasteiger charge is 1.92. The van der Waals surface area contributed by atoms with Gasteiger partial charge in [0.2, 0.25) is 0 Å². The molecule has 0 fully saturated rings. The van der Waals surface area contributed by atoms with Gasteiger partial charge < -0.3 is 15.0 Å². The SMILES string of the molecule is CNc1cn(CCO)cn1. The maximum atomic E-state index is 8.53. The number of hydrogen-bond donors (Lipinski definition) is 2. The molecule has 1 aromatic rings. The van der Waals surface area contributed by atoms with Crippen molar-refractivity contribution < 1.29 is 5.11 Å². The number of nitrogens with zero attached hydrogens (tertiary/aromatic N) is 2. The molecular formula is C6H11N3O. The smallest absolute Gasteiger partial charge is 0.143 e. The van der Waals surface area contributed by atoms with E-state index in [1.807, 2.05) is 17.8 Å². The first-order valence-corrected chi connectivity index (χ1v) is 3.17. The number of aliphatic hydroxyl groups is 1. The molecule has 56 valence electrons. The van der Waals surface area contributed by atoms with Crippen molar-refractivity contribution >= 4 is 5.82 Å². The highest BCUT2D eigenvalue weighted by molar-refractivity contribution is 5.29. The molecule has 0 saturated heterocycles. The van der Waals surface area contributed by atoms with Crippen LogP contribution in [0.3, 0.4) is 0 Å². The van der Waals surface area contributed by atoms with E-state index in [1.54, 1.807) is 6.33 Å². The van der Waals surface area contributed by atoms with Crippen molar-refractivity contribution in [3.05, 3.63) is 12.5 Å². The Bertz CT molecular complexity index is 197. The Morgan fingerprint density at radius 2 is 2.60 bits per heavy atom. The average Bonchev–Trinajstić information content (AvgIpc) is 2.37. The van der Waals surface area contributed by atoms with Crippen LogP contribution in [-0.2, 0) is 6.54 Å². The number of hydrogen-bond acceptors (Lipinski definition) is 3. The monoisotopic (exact) mass is 141 g/mol. The van der Waals surface area contributed by atoms with E-state index in [0.29, 0.717) is 6.54 Å². The van der Waals surface area contributed by atoms with Gasteiger partial charge in [-0.05, 0) is 0 Å². The lowest BCUT2D eigenvalue weighted by Gasteiger charge is -1.94. The van der Waals surface area contributed by atoms with Gasteiger partial charge in [0, 0.05) is 19.8 Å². The van der Waals surface area contributed by atoms with Crippen LogP contribution >= 0.6 is 0 Å². The molecule has 0 bridgehead atoms. The number of nitrogens with one attached hydrogen (secondary N) is 1. The first-order valence-electron chi connectivity index (χ1n) is 3.17. The molecule has 0 saturated carbocycles. The van der Waals surface area contributed by atoms with Crippen molar-refractivity contribution in [3.63, 3.8) is 0 Å². The average molecular weight is 141 g/mol. The Morgan fingerprint density at radius 1 is 1.80 bits per heavy atom. The Kier molecular flexibility index (Phi) is 2.28. The zero-order chi connectivity index (χ0) is 7.40. The highest BCUT2D eigenvalue weighted by atomic mass is 16.3. The Hall–Kier alpha value is -1.03. The largest absolute Gasteiger partial charge is 0.395 e. The summed E-state index contributed by atoms with van der Waals surface area (Å²) in [5.74, 6) is 0.827. The lowest BCUT2D eigenvalue weighted by molar-refractivity contribution is 0.276. The molecule has 0 aliphatic heterocycles. The van der Waals surface area contributed by atoms with E-state index in [4.69, 9.17) is 5.11 Å². The third-order valence-corrected chi connectivity index (χ3v) is 1.25. The summed E-state index contributed by atoms with van der Waals surface area (Å²) in [7, 11) is 1.81. The van der Waals surface area contributed by atoms with Crippen LogP contribution in [0, 0.1) is 0 Å². The maximum Gasteiger partial charge on any atom is 0.143 e. The minimum absolute atomic E-state index is 0.152. The molecule has 0 atom stereocenters. The second-order valence-corrected chi connectivity index (χ2v) is 1.97. The summed E-state index contributed by atoms with van der Waals surface area (Å²) in [6.45, 7) is 0.758. The van der Waals surface area contributed by atoms with E-state index in [9.17, 15) is 0 Å². The lowest BCUT2D eigenvalue weighted by atomic mass is 10.6. The first kappa shape index (κ1) is 7.08. The minimum Gasteiger partial charge on any atom is -0.395 e. The van der Waals surface area contributed by atoms with Gasteiger partial charge in [0.1, 0.15) is 5.82 Å². The van der Waals surface area contributed by atoms with Gasteiger partial charge in [-0.2, -0.15) is 0 Å². The topological polar surface area (TPSA) is 50.1 Å². The zero-order valence-corrected chi connectivity index (χ0v) is 5.91. The van der Waals surface area contributed by atoms with Crippen molar-refractivity contribution in [1.29, 1.82) is 0 Å². The molecule has 2 N–H and O–H groups in total. The van der Waals surface area contributed by atoms with E-state index < -0.39 is 0 Å². The van der Waals surface area contributed by atoms with E-state index in [0.717, 1.165) is 5.82 Å². The summed E-state index contributed by atoms with van der Waals surface area (Å²) in [4.78, 5) is 3.99. The van der Waals surface area contributed by atoms with Gasteiger partial charge in [0.05, 0.1) is 12.9 Å². The second kappa shape index (κ2) is 3.22. The van der Waals surface area contributed by atoms with Crippen molar-refractivity contribution in [2.75, 3.05) is 19.0 Å². The van der Waals surface area contributed by atoms with Crippen LogP contribution in [0.2, 0.25) is 0 Å². The number of aromatic nitrogens is 2. The normalized spacial score (nSPS) is 9.80. The van der Waals surface area contributed by atoms with Crippen molar-refractivity contribution in [3.8, 4) is 0 Å². The predicted octanol–water partition coefficient (Wildman–Crippen LogP) is -0.0829. The van der Waals surface area contributed by atoms with Gasteiger partial charge in [0.15, 0.2) is 0 Å². The Morgan fingerprint density at radius 3 is 3.10 bits per heavy atom. The number of anilines is 1. The fourth-order valence-electron chi connectivity index (χ4n) is 0.727. The van der Waals surface area contributed by atoms with Gasteiger partial charge in [-0.25, -0.2) is 4.98 Å². The lowest BCUT2D eigenvalue weighted by Crippen LogP contribution is -1.98. The van der Waals surface area contributed by atoms with Crippen LogP contribution in [0.4, 0.5) is 5.82 Å². The van der Waals surface area contributed by atoms with Crippen LogP contribution < -0.4 is 5.32 Å². The summed E-state index contributed by atoms with van der Waals surface area (Å²) in [6, 6.07) is 0. The van der Waals surface area contributed by atoms with E-state index in [2.05, 4.69) is 10.3 Å². The summed E-state index contributed by atoms with van der Waals surface area (Å²) in [5, 5.41) is 11.4. The molecule has 0 aliphatic rings. The van der Waals surface area contributed by atoms with Gasteiger partial charge >= 0.3 is 0 Å². The quantitative estimate of drug-likeness (QED) is 0.619. The van der Waals surface area contributed by atoms with Crippen molar-refractivity contribution in [2.45, 2.75) is 6.54 Å². The van der Waals surface area contributed by atoms with Crippen LogP contribution in [0.25, 0.3) is 0 Å². The molecule has 0 spiro atoms. The predicted molar refractivity (Wildman–Crippen MR) is 38.9 cm³/mol. The van der Waals surface area contributed by atoms with Crippen LogP contribution in [-0.4, -0.2) is 28.3 Å². The van der Waals surface area contributed by atoms with Crippen molar-refractivity contribution in [2.24, 2.45) is 0 Å². The third kappa shape index (κ3) is 1.48. The molecule has 1 rings (SSSR count). The standard InChI is InChI=1S/C6H11N3O/c1-7-6-4-9(2-3-10)5-8-6/h4-5,7,10H,2-3H2,1H3. The molecule has 10 heavy (non-hydrogen) atoms. The van der Waals surface area contributed by atoms with Crippen molar-refractivity contribution in [1.82, 2.24) is 9.55 Å². The van der Waals surface area contributed by atoms with E-state index >= 15 is 0 Å². The van der Waals surface area contributed by atoms with Gasteiger partial charge in [0.25, 0.3) is 0 Å². The van der Waals surface area contributed by atoms with Crippen LogP contribution in [0.15, 0.2) is 12.5 Å². The third-order valence-electron chi connectivity index (χ3n) is 1.25. The minimum atomic E-state index is 0.152. The number of rotatable bonds is 3. The summed E-state index contributed by atoms with van der Waals surface area (Å²) in [6.07, 6.45) is 3.53. The van der Waals surface area contributed by atoms with E-state index in [-0.39, 0.29) is 6.61 Å². The van der Waals surface area contributed by atoms with Crippen LogP contribution in [0.5, 0.6) is 0 Å². The molecule has 0 radical (unpaired) electrons. The van der Waals surface area contributed by atoms with Gasteiger partial charge in [-0.15, -0.1) is 0 Å². The molecule has 4 nitrogen and oxygen atoms in total. The van der Waals surface area contributed by atoms with Gasteiger partial charge in [-0.3, -0.25) is 0 Å². The molecule has 0 amide bonds. The fourth-order valence-corrected chi connectivity index (χ4v) is 0.727. The summed E-state index contributed by atoms with van der Waals surface area (Å²) in [5.41, 5.74) is 0. The first-order chi connectivity index (χ1) is 4.86. The zero-order valence-electron chi connectivity index (χ0n) is 5.91. The van der Waals surface area contributed by atoms with E-state index in [1.165, 1.54) is 0 Å². The van der Waals surface area contributed by atoms with Crippen LogP contribution in [0.1, 0.15) is 0 Å². The maximum absolute atomic E-state index is 8.53. The number of aliphatic hydroxyl groups excluding tert-OH is 1. The second-order valence-electron chi connectivity index (χ2n) is 1.97. The molecule has 4 heteroatoms. The molecular weight excluding hydrogens is 130 g/mol. The Balaban J connectivity index is 2.59. The molecule has 0 aromatic carbocycles. The molecule has 0 aliphatic carbocycles. The van der Waals surface area contributed by atoms with Gasteiger partial charge in [-0.1, -0.05) is 0 Å². The fraction of sp³-hybridized carbons (Fsp3) is 0.500.